The van der Waals surface area contributed by atoms with Gasteiger partial charge in [0.05, 0.1) is 5.69 Å². The van der Waals surface area contributed by atoms with Crippen LogP contribution in [0.1, 0.15) is 6.42 Å². The molecule has 1 saturated heterocycles. The maximum atomic E-state index is 13.0. The molecule has 5 nitrogen and oxygen atoms in total. The van der Waals surface area contributed by atoms with Gasteiger partial charge in [-0.3, -0.25) is 4.79 Å². The zero-order valence-corrected chi connectivity index (χ0v) is 14.0. The Hall–Kier alpha value is -3.28. The molecule has 6 heteroatoms. The highest BCUT2D eigenvalue weighted by molar-refractivity contribution is 6.00. The average molecular weight is 348 g/mol. The summed E-state index contributed by atoms with van der Waals surface area (Å²) in [5, 5.41) is 11.5. The molecule has 1 atom stereocenters. The lowest BCUT2D eigenvalue weighted by Crippen LogP contribution is -2.33. The first kappa shape index (κ1) is 16.2. The van der Waals surface area contributed by atoms with Crippen molar-refractivity contribution in [1.82, 2.24) is 10.2 Å². The van der Waals surface area contributed by atoms with Gasteiger partial charge in [-0.05, 0) is 55.0 Å². The van der Waals surface area contributed by atoms with Crippen molar-refractivity contribution in [3.63, 3.8) is 0 Å². The molecule has 1 N–H and O–H groups in total. The Labute approximate surface area is 150 Å². The summed E-state index contributed by atoms with van der Waals surface area (Å²) in [6, 6.07) is 19.0. The summed E-state index contributed by atoms with van der Waals surface area (Å²) in [5.74, 6) is 0.285. The summed E-state index contributed by atoms with van der Waals surface area (Å²) in [7, 11) is 0. The normalized spacial score (nSPS) is 16.7. The Bertz CT molecular complexity index is 897. The smallest absolute Gasteiger partial charge is 0.249 e. The molecule has 1 aliphatic heterocycles. The van der Waals surface area contributed by atoms with E-state index in [9.17, 15) is 9.18 Å². The maximum Gasteiger partial charge on any atom is 0.249 e. The molecular weight excluding hydrogens is 331 g/mol. The van der Waals surface area contributed by atoms with E-state index in [0.717, 1.165) is 11.3 Å². The molecule has 0 bridgehead atoms. The molecule has 1 fully saturated rings. The summed E-state index contributed by atoms with van der Waals surface area (Å²) in [6.45, 7) is 0.668. The van der Waals surface area contributed by atoms with Gasteiger partial charge in [0.1, 0.15) is 17.7 Å². The quantitative estimate of drug-likeness (QED) is 0.784. The van der Waals surface area contributed by atoms with Crippen LogP contribution < -0.4 is 10.2 Å². The Morgan fingerprint density at radius 1 is 0.962 bits per heavy atom. The predicted octanol–water partition coefficient (Wildman–Crippen LogP) is 3.50. The lowest BCUT2D eigenvalue weighted by atomic mass is 10.1. The van der Waals surface area contributed by atoms with Crippen LogP contribution in [0, 0.1) is 5.82 Å². The van der Waals surface area contributed by atoms with Crippen LogP contribution >= 0.6 is 0 Å². The molecule has 3 aromatic rings. The number of benzene rings is 2. The zero-order valence-electron chi connectivity index (χ0n) is 14.0. The number of hydrogen-bond acceptors (Lipinski definition) is 4. The van der Waals surface area contributed by atoms with E-state index in [4.69, 9.17) is 0 Å². The van der Waals surface area contributed by atoms with E-state index in [-0.39, 0.29) is 17.8 Å². The fourth-order valence-electron chi connectivity index (χ4n) is 3.04. The third-order valence-electron chi connectivity index (χ3n) is 4.40. The topological polar surface area (TPSA) is 58.1 Å². The summed E-state index contributed by atoms with van der Waals surface area (Å²) in [4.78, 5) is 14.4. The Morgan fingerprint density at radius 3 is 2.42 bits per heavy atom. The number of anilines is 2. The van der Waals surface area contributed by atoms with Crippen LogP contribution in [0.25, 0.3) is 11.3 Å². The summed E-state index contributed by atoms with van der Waals surface area (Å²) < 4.78 is 13.0. The second kappa shape index (κ2) is 6.92. The molecule has 4 rings (SSSR count). The van der Waals surface area contributed by atoms with Crippen LogP contribution in [0.3, 0.4) is 0 Å². The van der Waals surface area contributed by atoms with Gasteiger partial charge in [0.2, 0.25) is 5.91 Å². The number of amides is 1. The molecule has 0 radical (unpaired) electrons. The van der Waals surface area contributed by atoms with Gasteiger partial charge in [0, 0.05) is 17.8 Å². The van der Waals surface area contributed by atoms with Crippen LogP contribution in [0.2, 0.25) is 0 Å². The molecule has 0 aliphatic carbocycles. The number of rotatable bonds is 4. The monoisotopic (exact) mass is 348 g/mol. The fraction of sp³-hybridized carbons (Fsp3) is 0.150. The minimum Gasteiger partial charge on any atom is -0.357 e. The molecule has 2 aromatic carbocycles. The summed E-state index contributed by atoms with van der Waals surface area (Å²) in [5.41, 5.74) is 2.34. The van der Waals surface area contributed by atoms with Gasteiger partial charge in [-0.15, -0.1) is 10.2 Å². The molecular formula is C20H17FN4O. The SMILES string of the molecule is O=C1C(Nc2ccc(-c3ccc(F)cc3)nn2)CCN1c1ccccc1. The lowest BCUT2D eigenvalue weighted by molar-refractivity contribution is -0.117. The van der Waals surface area contributed by atoms with Crippen LogP contribution in [-0.4, -0.2) is 28.7 Å². The van der Waals surface area contributed by atoms with Gasteiger partial charge >= 0.3 is 0 Å². The molecule has 0 spiro atoms. The number of halogens is 1. The highest BCUT2D eigenvalue weighted by Gasteiger charge is 2.32. The first-order chi connectivity index (χ1) is 12.7. The average Bonchev–Trinajstić information content (AvgIpc) is 3.04. The van der Waals surface area contributed by atoms with Crippen LogP contribution in [0.15, 0.2) is 66.7 Å². The van der Waals surface area contributed by atoms with Gasteiger partial charge in [-0.25, -0.2) is 4.39 Å². The van der Waals surface area contributed by atoms with E-state index in [2.05, 4.69) is 15.5 Å². The van der Waals surface area contributed by atoms with E-state index in [0.29, 0.717) is 24.5 Å². The number of nitrogens with zero attached hydrogens (tertiary/aromatic N) is 3. The lowest BCUT2D eigenvalue weighted by Gasteiger charge is -2.17. The van der Waals surface area contributed by atoms with Crippen LogP contribution in [0.4, 0.5) is 15.9 Å². The summed E-state index contributed by atoms with van der Waals surface area (Å²) >= 11 is 0. The van der Waals surface area contributed by atoms with Gasteiger partial charge < -0.3 is 10.2 Å². The number of para-hydroxylation sites is 1. The van der Waals surface area contributed by atoms with E-state index in [1.807, 2.05) is 30.3 Å². The maximum absolute atomic E-state index is 13.0. The second-order valence-corrected chi connectivity index (χ2v) is 6.12. The van der Waals surface area contributed by atoms with Gasteiger partial charge in [-0.2, -0.15) is 0 Å². The minimum absolute atomic E-state index is 0.0283. The van der Waals surface area contributed by atoms with Gasteiger partial charge in [0.15, 0.2) is 0 Å². The van der Waals surface area contributed by atoms with Crippen molar-refractivity contribution in [3.05, 3.63) is 72.5 Å². The fourth-order valence-corrected chi connectivity index (χ4v) is 3.04. The molecule has 1 aliphatic rings. The van der Waals surface area contributed by atoms with Crippen molar-refractivity contribution in [2.75, 3.05) is 16.8 Å². The van der Waals surface area contributed by atoms with Crippen molar-refractivity contribution in [2.24, 2.45) is 0 Å². The van der Waals surface area contributed by atoms with Crippen LogP contribution in [-0.2, 0) is 4.79 Å². The first-order valence-electron chi connectivity index (χ1n) is 8.43. The van der Waals surface area contributed by atoms with E-state index >= 15 is 0 Å². The first-order valence-corrected chi connectivity index (χ1v) is 8.43. The van der Waals surface area contributed by atoms with E-state index in [1.165, 1.54) is 12.1 Å². The molecule has 130 valence electrons. The minimum atomic E-state index is -0.318. The third-order valence-corrected chi connectivity index (χ3v) is 4.40. The Balaban J connectivity index is 1.45. The molecule has 1 aromatic heterocycles. The zero-order chi connectivity index (χ0) is 17.9. The van der Waals surface area contributed by atoms with Crippen molar-refractivity contribution >= 4 is 17.4 Å². The van der Waals surface area contributed by atoms with E-state index in [1.54, 1.807) is 29.2 Å². The van der Waals surface area contributed by atoms with Crippen molar-refractivity contribution in [1.29, 1.82) is 0 Å². The van der Waals surface area contributed by atoms with Crippen molar-refractivity contribution in [3.8, 4) is 11.3 Å². The summed E-state index contributed by atoms with van der Waals surface area (Å²) in [6.07, 6.45) is 0.703. The largest absolute Gasteiger partial charge is 0.357 e. The number of aromatic nitrogens is 2. The molecule has 1 unspecified atom stereocenters. The van der Waals surface area contributed by atoms with Gasteiger partial charge in [-0.1, -0.05) is 18.2 Å². The van der Waals surface area contributed by atoms with Crippen molar-refractivity contribution in [2.45, 2.75) is 12.5 Å². The van der Waals surface area contributed by atoms with Crippen molar-refractivity contribution < 1.29 is 9.18 Å². The number of nitrogens with one attached hydrogen (secondary N) is 1. The van der Waals surface area contributed by atoms with Gasteiger partial charge in [0.25, 0.3) is 0 Å². The molecule has 2 heterocycles. The number of carbonyl (C=O) groups excluding carboxylic acids is 1. The highest BCUT2D eigenvalue weighted by Crippen LogP contribution is 2.23. The predicted molar refractivity (Wildman–Crippen MR) is 98.2 cm³/mol. The number of hydrogen-bond donors (Lipinski definition) is 1. The molecule has 1 amide bonds. The Morgan fingerprint density at radius 2 is 1.73 bits per heavy atom. The third kappa shape index (κ3) is 3.26. The highest BCUT2D eigenvalue weighted by atomic mass is 19.1. The standard InChI is InChI=1S/C20H17FN4O/c21-15-8-6-14(7-9-15)17-10-11-19(24-23-17)22-18-12-13-25(20(18)26)16-4-2-1-3-5-16/h1-11,18H,12-13H2,(H,22,24). The molecule has 26 heavy (non-hydrogen) atoms. The van der Waals surface area contributed by atoms with E-state index < -0.39 is 0 Å². The Kier molecular flexibility index (Phi) is 4.31. The molecule has 0 saturated carbocycles. The van der Waals surface area contributed by atoms with Crippen LogP contribution in [0.5, 0.6) is 0 Å². The second-order valence-electron chi connectivity index (χ2n) is 6.12. The number of carbonyl (C=O) groups is 1.